The van der Waals surface area contributed by atoms with E-state index in [-0.39, 0.29) is 22.3 Å². The van der Waals surface area contributed by atoms with Gasteiger partial charge >= 0.3 is 11.9 Å². The summed E-state index contributed by atoms with van der Waals surface area (Å²) in [6.07, 6.45) is 0. The standard InChI is InChI=1S/C29H30N2O6/c1-6-30(3)19-13-15-22(24(17-19)28(34)36-5)26(32)27(33)23-16-14-20(31(4)7-2)18-25(23)29(35)37-21-11-9-8-10-12-21/h8-18H,6-7H2,1-5H3. The summed E-state index contributed by atoms with van der Waals surface area (Å²) in [5.41, 5.74) is 1.04. The fourth-order valence-corrected chi connectivity index (χ4v) is 3.64. The topological polar surface area (TPSA) is 93.2 Å². The smallest absolute Gasteiger partial charge is 0.344 e. The lowest BCUT2D eigenvalue weighted by molar-refractivity contribution is 0.0596. The molecular formula is C29H30N2O6. The average molecular weight is 503 g/mol. The predicted octanol–water partition coefficient (Wildman–Crippen LogP) is 4.67. The molecule has 0 atom stereocenters. The Balaban J connectivity index is 2.07. The van der Waals surface area contributed by atoms with E-state index < -0.39 is 23.5 Å². The van der Waals surface area contributed by atoms with E-state index in [1.165, 1.54) is 31.4 Å². The van der Waals surface area contributed by atoms with Gasteiger partial charge in [-0.1, -0.05) is 18.2 Å². The Morgan fingerprint density at radius 3 is 1.54 bits per heavy atom. The van der Waals surface area contributed by atoms with E-state index in [1.807, 2.05) is 37.7 Å². The molecule has 0 N–H and O–H groups in total. The largest absolute Gasteiger partial charge is 0.465 e. The Morgan fingerprint density at radius 1 is 0.649 bits per heavy atom. The van der Waals surface area contributed by atoms with E-state index in [0.29, 0.717) is 30.2 Å². The van der Waals surface area contributed by atoms with Crippen LogP contribution in [0, 0.1) is 0 Å². The van der Waals surface area contributed by atoms with Gasteiger partial charge in [0.05, 0.1) is 18.2 Å². The van der Waals surface area contributed by atoms with Crippen LogP contribution in [-0.4, -0.2) is 57.8 Å². The van der Waals surface area contributed by atoms with Crippen molar-refractivity contribution in [1.29, 1.82) is 0 Å². The van der Waals surface area contributed by atoms with Crippen molar-refractivity contribution in [2.45, 2.75) is 13.8 Å². The Kier molecular flexibility index (Phi) is 8.79. The first kappa shape index (κ1) is 27.1. The number of methoxy groups -OCH3 is 1. The molecule has 3 rings (SSSR count). The van der Waals surface area contributed by atoms with Crippen LogP contribution in [0.4, 0.5) is 11.4 Å². The van der Waals surface area contributed by atoms with Crippen LogP contribution in [0.15, 0.2) is 66.7 Å². The highest BCUT2D eigenvalue weighted by molar-refractivity contribution is 6.51. The molecule has 8 nitrogen and oxygen atoms in total. The quantitative estimate of drug-likeness (QED) is 0.171. The van der Waals surface area contributed by atoms with E-state index in [9.17, 15) is 19.2 Å². The first-order valence-corrected chi connectivity index (χ1v) is 11.9. The zero-order valence-corrected chi connectivity index (χ0v) is 21.6. The minimum absolute atomic E-state index is 0.0330. The number of ketones is 2. The van der Waals surface area contributed by atoms with Gasteiger partial charge in [0.15, 0.2) is 0 Å². The van der Waals surface area contributed by atoms with Crippen molar-refractivity contribution >= 4 is 34.9 Å². The van der Waals surface area contributed by atoms with Gasteiger partial charge in [-0.25, -0.2) is 9.59 Å². The number of hydrogen-bond donors (Lipinski definition) is 0. The van der Waals surface area contributed by atoms with Crippen molar-refractivity contribution in [3.8, 4) is 5.75 Å². The lowest BCUT2D eigenvalue weighted by Gasteiger charge is -2.19. The number of benzene rings is 3. The summed E-state index contributed by atoms with van der Waals surface area (Å²) in [4.78, 5) is 56.3. The monoisotopic (exact) mass is 502 g/mol. The molecule has 0 aliphatic rings. The molecule has 0 fully saturated rings. The molecule has 8 heteroatoms. The van der Waals surface area contributed by atoms with Crippen LogP contribution in [0.5, 0.6) is 5.75 Å². The van der Waals surface area contributed by atoms with Gasteiger partial charge in [-0.15, -0.1) is 0 Å². The summed E-state index contributed by atoms with van der Waals surface area (Å²) >= 11 is 0. The van der Waals surface area contributed by atoms with Crippen LogP contribution in [0.2, 0.25) is 0 Å². The zero-order chi connectivity index (χ0) is 27.1. The van der Waals surface area contributed by atoms with Crippen molar-refractivity contribution < 1.29 is 28.7 Å². The van der Waals surface area contributed by atoms with Gasteiger partial charge in [0.2, 0.25) is 11.6 Å². The highest BCUT2D eigenvalue weighted by Crippen LogP contribution is 2.25. The van der Waals surface area contributed by atoms with E-state index in [1.54, 1.807) is 42.5 Å². The zero-order valence-electron chi connectivity index (χ0n) is 21.6. The van der Waals surface area contributed by atoms with Crippen LogP contribution >= 0.6 is 0 Å². The first-order valence-electron chi connectivity index (χ1n) is 11.9. The number of nitrogens with zero attached hydrogens (tertiary/aromatic N) is 2. The van der Waals surface area contributed by atoms with E-state index >= 15 is 0 Å². The summed E-state index contributed by atoms with van der Waals surface area (Å²) in [5, 5.41) is 0. The second-order valence-electron chi connectivity index (χ2n) is 8.34. The normalized spacial score (nSPS) is 10.4. The van der Waals surface area contributed by atoms with Crippen LogP contribution in [0.25, 0.3) is 0 Å². The van der Waals surface area contributed by atoms with E-state index in [2.05, 4.69) is 0 Å². The Bertz CT molecular complexity index is 1320. The molecule has 3 aromatic rings. The fourth-order valence-electron chi connectivity index (χ4n) is 3.64. The molecule has 0 bridgehead atoms. The second-order valence-corrected chi connectivity index (χ2v) is 8.34. The van der Waals surface area contributed by atoms with E-state index in [4.69, 9.17) is 9.47 Å². The van der Waals surface area contributed by atoms with Crippen molar-refractivity contribution in [3.63, 3.8) is 0 Å². The molecule has 0 amide bonds. The lowest BCUT2D eigenvalue weighted by Crippen LogP contribution is -2.24. The van der Waals surface area contributed by atoms with Gasteiger partial charge in [-0.2, -0.15) is 0 Å². The molecular weight excluding hydrogens is 472 g/mol. The number of Topliss-reactive ketones (excluding diaryl/α,β-unsaturated/α-hetero) is 2. The van der Waals surface area contributed by atoms with Crippen molar-refractivity contribution in [2.75, 3.05) is 44.1 Å². The fraction of sp³-hybridized carbons (Fsp3) is 0.241. The Morgan fingerprint density at radius 2 is 1.11 bits per heavy atom. The minimum atomic E-state index is -0.938. The third-order valence-corrected chi connectivity index (χ3v) is 6.11. The summed E-state index contributed by atoms with van der Waals surface area (Å²) in [5.74, 6) is -3.09. The SMILES string of the molecule is CCN(C)c1ccc(C(=O)C(=O)c2ccc(N(C)CC)cc2C(=O)Oc2ccccc2)c(C(=O)OC)c1. The molecule has 0 aliphatic carbocycles. The predicted molar refractivity (Wildman–Crippen MR) is 142 cm³/mol. The maximum Gasteiger partial charge on any atom is 0.344 e. The molecule has 0 spiro atoms. The summed E-state index contributed by atoms with van der Waals surface area (Å²) in [6.45, 7) is 5.20. The number of para-hydroxylation sites is 1. The lowest BCUT2D eigenvalue weighted by atomic mass is 9.93. The third kappa shape index (κ3) is 6.03. The number of carbonyl (C=O) groups is 4. The molecule has 0 radical (unpaired) electrons. The Hall–Kier alpha value is -4.46. The van der Waals surface area contributed by atoms with Crippen LogP contribution in [-0.2, 0) is 4.74 Å². The third-order valence-electron chi connectivity index (χ3n) is 6.11. The van der Waals surface area contributed by atoms with Crippen LogP contribution < -0.4 is 14.5 Å². The highest BCUT2D eigenvalue weighted by Gasteiger charge is 2.29. The molecule has 0 heterocycles. The summed E-state index contributed by atoms with van der Waals surface area (Å²) in [6, 6.07) is 17.6. The van der Waals surface area contributed by atoms with Gasteiger partial charge in [-0.3, -0.25) is 9.59 Å². The molecule has 192 valence electrons. The maximum atomic E-state index is 13.5. The maximum absolute atomic E-state index is 13.5. The molecule has 0 aliphatic heterocycles. The van der Waals surface area contributed by atoms with Crippen LogP contribution in [0.1, 0.15) is 55.3 Å². The number of rotatable bonds is 10. The van der Waals surface area contributed by atoms with Crippen molar-refractivity contribution in [1.82, 2.24) is 0 Å². The number of ether oxygens (including phenoxy) is 2. The number of hydrogen-bond acceptors (Lipinski definition) is 8. The molecule has 0 unspecified atom stereocenters. The van der Waals surface area contributed by atoms with E-state index in [0.717, 1.165) is 0 Å². The molecule has 3 aromatic carbocycles. The first-order chi connectivity index (χ1) is 17.7. The summed E-state index contributed by atoms with van der Waals surface area (Å²) in [7, 11) is 4.88. The number of anilines is 2. The number of esters is 2. The van der Waals surface area contributed by atoms with Crippen molar-refractivity contribution in [3.05, 3.63) is 89.0 Å². The van der Waals surface area contributed by atoms with Gasteiger partial charge in [-0.05, 0) is 62.4 Å². The van der Waals surface area contributed by atoms with Gasteiger partial charge in [0.25, 0.3) is 0 Å². The second kappa shape index (κ2) is 12.0. The molecule has 0 saturated carbocycles. The van der Waals surface area contributed by atoms with Crippen LogP contribution in [0.3, 0.4) is 0 Å². The molecule has 37 heavy (non-hydrogen) atoms. The number of carbonyl (C=O) groups excluding carboxylic acids is 4. The molecule has 0 aromatic heterocycles. The average Bonchev–Trinajstić information content (AvgIpc) is 2.94. The van der Waals surface area contributed by atoms with Crippen molar-refractivity contribution in [2.24, 2.45) is 0 Å². The minimum Gasteiger partial charge on any atom is -0.465 e. The van der Waals surface area contributed by atoms with Gasteiger partial charge < -0.3 is 19.3 Å². The highest BCUT2D eigenvalue weighted by atomic mass is 16.5. The van der Waals surface area contributed by atoms with Gasteiger partial charge in [0.1, 0.15) is 5.75 Å². The van der Waals surface area contributed by atoms with Gasteiger partial charge in [0, 0.05) is 49.7 Å². The molecule has 0 saturated heterocycles. The Labute approximate surface area is 216 Å². The summed E-state index contributed by atoms with van der Waals surface area (Å²) < 4.78 is 10.3.